The van der Waals surface area contributed by atoms with Crippen LogP contribution >= 0.6 is 23.4 Å². The van der Waals surface area contributed by atoms with Crippen LogP contribution in [0.15, 0.2) is 33.3 Å². The lowest BCUT2D eigenvalue weighted by atomic mass is 10.2. The van der Waals surface area contributed by atoms with Crippen molar-refractivity contribution in [1.82, 2.24) is 5.32 Å². The fourth-order valence-corrected chi connectivity index (χ4v) is 2.95. The third-order valence-corrected chi connectivity index (χ3v) is 4.17. The molecule has 10 heteroatoms. The number of ether oxygens (including phenoxy) is 3. The largest absolute Gasteiger partial charge is 0.491 e. The van der Waals surface area contributed by atoms with Crippen LogP contribution in [0.1, 0.15) is 12.5 Å². The molecule has 0 aliphatic carbocycles. The molecule has 1 aromatic carbocycles. The standard InChI is InChI=1S/C16H16ClN3O5S/c1-4-25-11-6-9(5-10(17)14(11)24-3)8-18-20-16-19-15(22)12(26-16)7-13(21)23-2/h5-8H,4H2,1-3H3,(H,19,20,22)/b12-7+,18-8?. The van der Waals surface area contributed by atoms with E-state index in [0.717, 1.165) is 17.8 Å². The van der Waals surface area contributed by atoms with Crippen molar-refractivity contribution in [2.75, 3.05) is 20.8 Å². The smallest absolute Gasteiger partial charge is 0.331 e. The Morgan fingerprint density at radius 3 is 2.81 bits per heavy atom. The Labute approximate surface area is 159 Å². The molecule has 1 saturated heterocycles. The third-order valence-electron chi connectivity index (χ3n) is 2.99. The third kappa shape index (κ3) is 4.99. The Balaban J connectivity index is 2.15. The number of carbonyl (C=O) groups is 2. The summed E-state index contributed by atoms with van der Waals surface area (Å²) >= 11 is 7.15. The fraction of sp³-hybridized carbons (Fsp3) is 0.250. The number of thioether (sulfide) groups is 1. The van der Waals surface area contributed by atoms with Gasteiger partial charge in [-0.25, -0.2) is 4.79 Å². The van der Waals surface area contributed by atoms with E-state index in [4.69, 9.17) is 21.1 Å². The van der Waals surface area contributed by atoms with Gasteiger partial charge in [0.25, 0.3) is 5.91 Å². The first-order valence-corrected chi connectivity index (χ1v) is 8.58. The van der Waals surface area contributed by atoms with E-state index < -0.39 is 11.9 Å². The van der Waals surface area contributed by atoms with Crippen LogP contribution in [-0.4, -0.2) is 44.1 Å². The molecule has 0 bridgehead atoms. The number of esters is 1. The van der Waals surface area contributed by atoms with E-state index in [0.29, 0.717) is 28.7 Å². The summed E-state index contributed by atoms with van der Waals surface area (Å²) in [4.78, 5) is 23.1. The molecule has 0 saturated carbocycles. The molecule has 1 aliphatic rings. The molecule has 1 aliphatic heterocycles. The van der Waals surface area contributed by atoms with Crippen molar-refractivity contribution in [3.63, 3.8) is 0 Å². The van der Waals surface area contributed by atoms with E-state index >= 15 is 0 Å². The van der Waals surface area contributed by atoms with E-state index in [-0.39, 0.29) is 10.1 Å². The Bertz CT molecular complexity index is 807. The molecule has 8 nitrogen and oxygen atoms in total. The van der Waals surface area contributed by atoms with E-state index in [1.165, 1.54) is 20.4 Å². The number of hydrogen-bond acceptors (Lipinski definition) is 8. The number of carbonyl (C=O) groups excluding carboxylic acids is 2. The summed E-state index contributed by atoms with van der Waals surface area (Å²) in [6.45, 7) is 2.30. The number of nitrogens with zero attached hydrogens (tertiary/aromatic N) is 2. The minimum Gasteiger partial charge on any atom is -0.491 e. The van der Waals surface area contributed by atoms with Crippen molar-refractivity contribution in [2.24, 2.45) is 10.2 Å². The molecule has 1 amide bonds. The SMILES string of the molecule is CCOc1cc(C=N/N=C2/NC(=O)/C(=C\C(=O)OC)S2)cc(Cl)c1OC. The second kappa shape index (κ2) is 9.25. The Morgan fingerprint density at radius 2 is 2.15 bits per heavy atom. The fourth-order valence-electron chi connectivity index (χ4n) is 1.91. The van der Waals surface area contributed by atoms with Gasteiger partial charge >= 0.3 is 5.97 Å². The van der Waals surface area contributed by atoms with E-state index in [1.807, 2.05) is 6.92 Å². The molecule has 138 valence electrons. The van der Waals surface area contributed by atoms with Crippen LogP contribution in [0.2, 0.25) is 5.02 Å². The first kappa shape index (κ1) is 19.8. The van der Waals surface area contributed by atoms with E-state index in [1.54, 1.807) is 12.1 Å². The van der Waals surface area contributed by atoms with Crippen LogP contribution < -0.4 is 14.8 Å². The van der Waals surface area contributed by atoms with Crippen molar-refractivity contribution in [1.29, 1.82) is 0 Å². The normalized spacial score (nSPS) is 17.0. The van der Waals surface area contributed by atoms with Crippen LogP contribution in [0.4, 0.5) is 0 Å². The summed E-state index contributed by atoms with van der Waals surface area (Å²) in [5.74, 6) is -0.138. The van der Waals surface area contributed by atoms with E-state index in [9.17, 15) is 9.59 Å². The van der Waals surface area contributed by atoms with Gasteiger partial charge in [0.2, 0.25) is 0 Å². The zero-order valence-corrected chi connectivity index (χ0v) is 15.8. The molecule has 0 radical (unpaired) electrons. The second-order valence-electron chi connectivity index (χ2n) is 4.70. The highest BCUT2D eigenvalue weighted by Crippen LogP contribution is 2.35. The number of amides is 1. The maximum absolute atomic E-state index is 11.7. The predicted molar refractivity (Wildman–Crippen MR) is 100 cm³/mol. The zero-order chi connectivity index (χ0) is 19.1. The monoisotopic (exact) mass is 397 g/mol. The molecular weight excluding hydrogens is 382 g/mol. The number of nitrogens with one attached hydrogen (secondary N) is 1. The number of rotatable bonds is 6. The van der Waals surface area contributed by atoms with Crippen molar-refractivity contribution in [3.8, 4) is 11.5 Å². The van der Waals surface area contributed by atoms with Crippen molar-refractivity contribution in [2.45, 2.75) is 6.92 Å². The maximum atomic E-state index is 11.7. The highest BCUT2D eigenvalue weighted by molar-refractivity contribution is 8.18. The summed E-state index contributed by atoms with van der Waals surface area (Å²) in [6.07, 6.45) is 2.54. The molecular formula is C16H16ClN3O5S. The molecule has 1 heterocycles. The van der Waals surface area contributed by atoms with Crippen molar-refractivity contribution in [3.05, 3.63) is 33.7 Å². The molecule has 1 aromatic rings. The first-order valence-electron chi connectivity index (χ1n) is 7.38. The molecule has 0 aromatic heterocycles. The minimum atomic E-state index is -0.622. The van der Waals surface area contributed by atoms with Gasteiger partial charge in [-0.2, -0.15) is 5.10 Å². The summed E-state index contributed by atoms with van der Waals surface area (Å²) in [6, 6.07) is 3.36. The van der Waals surface area contributed by atoms with Gasteiger partial charge < -0.3 is 14.2 Å². The quantitative estimate of drug-likeness (QED) is 0.342. The van der Waals surface area contributed by atoms with Crippen molar-refractivity contribution >= 4 is 46.6 Å². The number of benzene rings is 1. The lowest BCUT2D eigenvalue weighted by Crippen LogP contribution is -2.19. The maximum Gasteiger partial charge on any atom is 0.331 e. The summed E-state index contributed by atoms with van der Waals surface area (Å²) in [5.41, 5.74) is 0.642. The van der Waals surface area contributed by atoms with Gasteiger partial charge in [-0.3, -0.25) is 10.1 Å². The molecule has 1 fully saturated rings. The number of methoxy groups -OCH3 is 2. The van der Waals surface area contributed by atoms with Crippen molar-refractivity contribution < 1.29 is 23.8 Å². The Kier molecular flexibility index (Phi) is 7.05. The second-order valence-corrected chi connectivity index (χ2v) is 6.14. The summed E-state index contributed by atoms with van der Waals surface area (Å²) in [5, 5.41) is 10.9. The summed E-state index contributed by atoms with van der Waals surface area (Å²) < 4.78 is 15.2. The number of hydrogen-bond donors (Lipinski definition) is 1. The Hall–Kier alpha value is -2.52. The predicted octanol–water partition coefficient (Wildman–Crippen LogP) is 2.36. The molecule has 0 spiro atoms. The lowest BCUT2D eigenvalue weighted by molar-refractivity contribution is -0.135. The molecule has 26 heavy (non-hydrogen) atoms. The molecule has 0 unspecified atom stereocenters. The molecule has 1 N–H and O–H groups in total. The minimum absolute atomic E-state index is 0.178. The van der Waals surface area contributed by atoms with Crippen LogP contribution in [0.5, 0.6) is 11.5 Å². The van der Waals surface area contributed by atoms with Gasteiger partial charge in [0, 0.05) is 11.6 Å². The lowest BCUT2D eigenvalue weighted by Gasteiger charge is -2.11. The number of amidine groups is 1. The number of halogens is 1. The molecule has 0 atom stereocenters. The van der Waals surface area contributed by atoms with Gasteiger partial charge in [-0.05, 0) is 30.8 Å². The van der Waals surface area contributed by atoms with Gasteiger partial charge in [0.15, 0.2) is 16.7 Å². The average molecular weight is 398 g/mol. The van der Waals surface area contributed by atoms with Crippen LogP contribution in [-0.2, 0) is 14.3 Å². The van der Waals surface area contributed by atoms with Crippen LogP contribution in [0.25, 0.3) is 0 Å². The summed E-state index contributed by atoms with van der Waals surface area (Å²) in [7, 11) is 2.73. The Morgan fingerprint density at radius 1 is 1.38 bits per heavy atom. The van der Waals surface area contributed by atoms with Crippen LogP contribution in [0, 0.1) is 0 Å². The molecule has 2 rings (SSSR count). The van der Waals surface area contributed by atoms with Crippen LogP contribution in [0.3, 0.4) is 0 Å². The average Bonchev–Trinajstić information content (AvgIpc) is 2.94. The first-order chi connectivity index (χ1) is 12.5. The topological polar surface area (TPSA) is 98.6 Å². The highest BCUT2D eigenvalue weighted by Gasteiger charge is 2.25. The van der Waals surface area contributed by atoms with Gasteiger partial charge in [0.1, 0.15) is 0 Å². The highest BCUT2D eigenvalue weighted by atomic mass is 35.5. The van der Waals surface area contributed by atoms with Gasteiger partial charge in [-0.15, -0.1) is 5.10 Å². The van der Waals surface area contributed by atoms with Gasteiger partial charge in [0.05, 0.1) is 37.0 Å². The van der Waals surface area contributed by atoms with Gasteiger partial charge in [-0.1, -0.05) is 11.6 Å². The zero-order valence-electron chi connectivity index (χ0n) is 14.2. The van der Waals surface area contributed by atoms with E-state index in [2.05, 4.69) is 20.3 Å².